The average Bonchev–Trinajstić information content (AvgIpc) is 3.08. The Balaban J connectivity index is 1.69. The third-order valence-corrected chi connectivity index (χ3v) is 8.60. The van der Waals surface area contributed by atoms with Crippen molar-refractivity contribution in [1.29, 1.82) is 0 Å². The van der Waals surface area contributed by atoms with Crippen LogP contribution in [0.4, 0.5) is 0 Å². The molecule has 1 aliphatic rings. The molecule has 1 saturated heterocycles. The lowest BCUT2D eigenvalue weighted by molar-refractivity contribution is -0.163. The summed E-state index contributed by atoms with van der Waals surface area (Å²) in [5.74, 6) is -3.54. The van der Waals surface area contributed by atoms with Crippen LogP contribution in [0.3, 0.4) is 0 Å². The van der Waals surface area contributed by atoms with E-state index in [9.17, 15) is 28.5 Å². The van der Waals surface area contributed by atoms with Gasteiger partial charge in [-0.2, -0.15) is 0 Å². The topological polar surface area (TPSA) is 157 Å². The number of rotatable bonds is 13. The predicted octanol–water partition coefficient (Wildman–Crippen LogP) is 2.79. The second kappa shape index (κ2) is 16.2. The Bertz CT molecular complexity index is 1560. The molecular weight excluding hydrogens is 727 g/mol. The standard InChI is InChI=1S/C32H31IN4O8S/c1-21(2)27(32(42)44-19-18-33)36-30(41)26(34-25(38)20-45-24-16-10-5-11-17-24)31(36)46(43)37(29(40)23-14-8-4-9-15-23)35-28(39)22-12-6-3-7-13-22/h3-17,26-27,31H,1,18-20H2,2H3,(H,34,38)(H,35,39). The summed E-state index contributed by atoms with van der Waals surface area (Å²) >= 11 is -0.572. The quantitative estimate of drug-likeness (QED) is 0.0513. The van der Waals surface area contributed by atoms with Gasteiger partial charge in [-0.25, -0.2) is 10.2 Å². The largest absolute Gasteiger partial charge is 0.589 e. The minimum atomic E-state index is -2.59. The summed E-state index contributed by atoms with van der Waals surface area (Å²) in [6.07, 6.45) is 0. The smallest absolute Gasteiger partial charge is 0.333 e. The Morgan fingerprint density at radius 3 is 2.11 bits per heavy atom. The number of β-lactam (4-membered cyclic amide) rings is 1. The summed E-state index contributed by atoms with van der Waals surface area (Å²) in [6.45, 7) is 4.88. The molecule has 46 heavy (non-hydrogen) atoms. The van der Waals surface area contributed by atoms with Gasteiger partial charge in [-0.15, -0.1) is 0 Å². The Labute approximate surface area is 282 Å². The minimum absolute atomic E-state index is 0.0434. The number of hydrogen-bond acceptors (Lipinski definition) is 8. The second-order valence-electron chi connectivity index (χ2n) is 9.94. The van der Waals surface area contributed by atoms with E-state index in [0.29, 0.717) is 14.6 Å². The molecule has 0 radical (unpaired) electrons. The fraction of sp³-hybridized carbons (Fsp3) is 0.219. The zero-order valence-corrected chi connectivity index (χ0v) is 27.6. The first kappa shape index (κ1) is 34.5. The first-order chi connectivity index (χ1) is 22.1. The molecule has 0 saturated carbocycles. The van der Waals surface area contributed by atoms with Crippen molar-refractivity contribution in [3.63, 3.8) is 0 Å². The van der Waals surface area contributed by atoms with Gasteiger partial charge in [0.25, 0.3) is 17.7 Å². The predicted molar refractivity (Wildman–Crippen MR) is 178 cm³/mol. The molecular formula is C32H31IN4O8S. The Morgan fingerprint density at radius 1 is 0.978 bits per heavy atom. The van der Waals surface area contributed by atoms with Gasteiger partial charge in [0, 0.05) is 15.6 Å². The number of halogens is 1. The Morgan fingerprint density at radius 2 is 1.54 bits per heavy atom. The molecule has 0 spiro atoms. The zero-order chi connectivity index (χ0) is 33.2. The number of nitrogens with zero attached hydrogens (tertiary/aromatic N) is 2. The molecule has 12 nitrogen and oxygen atoms in total. The monoisotopic (exact) mass is 758 g/mol. The SMILES string of the molecule is C=C(C)C(C(=O)OCCI)N1C(=O)C(NC(=O)COc2ccccc2)C1[S+]([O-])N(NC(=O)c1ccccc1)C(=O)c1ccccc1. The number of carbonyl (C=O) groups is 5. The molecule has 0 bridgehead atoms. The molecule has 0 aromatic heterocycles. The van der Waals surface area contributed by atoms with Gasteiger partial charge in [-0.3, -0.25) is 24.1 Å². The number of carbonyl (C=O) groups excluding carboxylic acids is 5. The lowest BCUT2D eigenvalue weighted by atomic mass is 9.99. The van der Waals surface area contributed by atoms with E-state index in [1.807, 2.05) is 22.6 Å². The van der Waals surface area contributed by atoms with Gasteiger partial charge in [0.05, 0.1) is 0 Å². The molecule has 3 aromatic rings. The summed E-state index contributed by atoms with van der Waals surface area (Å²) in [6, 6.07) is 21.3. The summed E-state index contributed by atoms with van der Waals surface area (Å²) in [7, 11) is 0. The molecule has 1 aliphatic heterocycles. The number of alkyl halides is 1. The van der Waals surface area contributed by atoms with Crippen LogP contribution in [0.15, 0.2) is 103 Å². The lowest BCUT2D eigenvalue weighted by Gasteiger charge is -2.49. The number of ether oxygens (including phenoxy) is 2. The van der Waals surface area contributed by atoms with Crippen molar-refractivity contribution < 1.29 is 38.0 Å². The number of amides is 4. The summed E-state index contributed by atoms with van der Waals surface area (Å²) < 4.78 is 26.3. The highest BCUT2D eigenvalue weighted by atomic mass is 127. The van der Waals surface area contributed by atoms with E-state index in [-0.39, 0.29) is 23.3 Å². The molecule has 4 atom stereocenters. The van der Waals surface area contributed by atoms with Gasteiger partial charge >= 0.3 is 11.9 Å². The number of nitrogens with one attached hydrogen (secondary N) is 2. The molecule has 1 fully saturated rings. The van der Waals surface area contributed by atoms with Crippen LogP contribution in [0.2, 0.25) is 0 Å². The normalized spacial score (nSPS) is 16.7. The van der Waals surface area contributed by atoms with Crippen LogP contribution >= 0.6 is 22.6 Å². The van der Waals surface area contributed by atoms with E-state index in [0.717, 1.165) is 4.90 Å². The Hall–Kier alpha value is -4.41. The molecule has 4 unspecified atom stereocenters. The van der Waals surface area contributed by atoms with Crippen LogP contribution in [-0.2, 0) is 30.5 Å². The fourth-order valence-electron chi connectivity index (χ4n) is 4.49. The highest BCUT2D eigenvalue weighted by Gasteiger charge is 2.62. The fourth-order valence-corrected chi connectivity index (χ4v) is 6.20. The first-order valence-electron chi connectivity index (χ1n) is 14.0. The average molecular weight is 759 g/mol. The van der Waals surface area contributed by atoms with Gasteiger partial charge in [-0.05, 0) is 48.9 Å². The molecule has 1 heterocycles. The van der Waals surface area contributed by atoms with E-state index in [1.54, 1.807) is 66.7 Å². The van der Waals surface area contributed by atoms with Crippen molar-refractivity contribution in [3.05, 3.63) is 114 Å². The zero-order valence-electron chi connectivity index (χ0n) is 24.7. The number of para-hydroxylation sites is 1. The van der Waals surface area contributed by atoms with Crippen LogP contribution < -0.4 is 15.5 Å². The molecule has 4 amide bonds. The number of benzene rings is 3. The second-order valence-corrected chi connectivity index (χ2v) is 12.4. The molecule has 0 aliphatic carbocycles. The molecule has 3 aromatic carbocycles. The van der Waals surface area contributed by atoms with Crippen LogP contribution in [0.1, 0.15) is 27.6 Å². The van der Waals surface area contributed by atoms with Crippen molar-refractivity contribution in [2.45, 2.75) is 24.4 Å². The summed E-state index contributed by atoms with van der Waals surface area (Å²) in [4.78, 5) is 67.6. The minimum Gasteiger partial charge on any atom is -0.589 e. The van der Waals surface area contributed by atoms with Crippen molar-refractivity contribution in [2.75, 3.05) is 17.6 Å². The molecule has 14 heteroatoms. The lowest BCUT2D eigenvalue weighted by Crippen LogP contribution is -2.78. The first-order valence-corrected chi connectivity index (χ1v) is 16.7. The maximum atomic E-state index is 14.4. The van der Waals surface area contributed by atoms with Crippen molar-refractivity contribution >= 4 is 63.6 Å². The van der Waals surface area contributed by atoms with Crippen molar-refractivity contribution in [3.8, 4) is 5.75 Å². The van der Waals surface area contributed by atoms with E-state index in [4.69, 9.17) is 9.47 Å². The highest BCUT2D eigenvalue weighted by Crippen LogP contribution is 2.33. The number of esters is 1. The maximum Gasteiger partial charge on any atom is 0.333 e. The van der Waals surface area contributed by atoms with Crippen LogP contribution in [-0.4, -0.2) is 78.6 Å². The molecule has 240 valence electrons. The third kappa shape index (κ3) is 8.24. The van der Waals surface area contributed by atoms with Crippen molar-refractivity contribution in [1.82, 2.24) is 20.1 Å². The van der Waals surface area contributed by atoms with E-state index < -0.39 is 65.0 Å². The van der Waals surface area contributed by atoms with Crippen LogP contribution in [0.5, 0.6) is 5.75 Å². The summed E-state index contributed by atoms with van der Waals surface area (Å²) in [5.41, 5.74) is 2.84. The van der Waals surface area contributed by atoms with Crippen LogP contribution in [0, 0.1) is 0 Å². The summed E-state index contributed by atoms with van der Waals surface area (Å²) in [5, 5.41) is 1.00. The molecule has 2 N–H and O–H groups in total. The van der Waals surface area contributed by atoms with Crippen molar-refractivity contribution in [2.24, 2.45) is 0 Å². The molecule has 4 rings (SSSR count). The van der Waals surface area contributed by atoms with Crippen LogP contribution in [0.25, 0.3) is 0 Å². The van der Waals surface area contributed by atoms with Gasteiger partial charge in [0.1, 0.15) is 23.7 Å². The Kier molecular flexibility index (Phi) is 12.2. The van der Waals surface area contributed by atoms with E-state index in [1.165, 1.54) is 31.2 Å². The van der Waals surface area contributed by atoms with Gasteiger partial charge in [0.15, 0.2) is 18.7 Å². The number of hydrazine groups is 1. The van der Waals surface area contributed by atoms with Gasteiger partial charge < -0.3 is 19.3 Å². The maximum absolute atomic E-state index is 14.4. The number of likely N-dealkylation sites (tertiary alicyclic amines) is 1. The van der Waals surface area contributed by atoms with E-state index >= 15 is 0 Å². The van der Waals surface area contributed by atoms with Gasteiger partial charge in [-0.1, -0.05) is 88.2 Å². The van der Waals surface area contributed by atoms with Gasteiger partial charge in [0.2, 0.25) is 5.37 Å². The number of hydrogen-bond donors (Lipinski definition) is 2. The van der Waals surface area contributed by atoms with E-state index in [2.05, 4.69) is 17.3 Å². The highest BCUT2D eigenvalue weighted by molar-refractivity contribution is 14.1. The third-order valence-electron chi connectivity index (χ3n) is 6.63.